The summed E-state index contributed by atoms with van der Waals surface area (Å²) in [6.45, 7) is 9.12. The number of hydrogen-bond donors (Lipinski definition) is 3. The summed E-state index contributed by atoms with van der Waals surface area (Å²) in [5, 5.41) is 9.45. The number of nitrogens with zero attached hydrogens (tertiary/aromatic N) is 1. The predicted octanol–water partition coefficient (Wildman–Crippen LogP) is 2.61. The fourth-order valence-electron chi connectivity index (χ4n) is 5.49. The van der Waals surface area contributed by atoms with Crippen molar-refractivity contribution in [2.24, 2.45) is 17.8 Å². The van der Waals surface area contributed by atoms with Crippen LogP contribution in [-0.2, 0) is 19.1 Å². The van der Waals surface area contributed by atoms with Crippen molar-refractivity contribution < 1.29 is 19.1 Å². The summed E-state index contributed by atoms with van der Waals surface area (Å²) in [5.41, 5.74) is 0. The lowest BCUT2D eigenvalue weighted by Gasteiger charge is -2.35. The lowest BCUT2D eigenvalue weighted by molar-refractivity contribution is -0.141. The molecule has 6 atom stereocenters. The third kappa shape index (κ3) is 8.17. The zero-order valence-corrected chi connectivity index (χ0v) is 22.5. The highest BCUT2D eigenvalue weighted by Crippen LogP contribution is 2.34. The van der Waals surface area contributed by atoms with Crippen molar-refractivity contribution in [3.8, 4) is 0 Å². The molecule has 0 bridgehead atoms. The molecule has 2 saturated carbocycles. The van der Waals surface area contributed by atoms with Crippen LogP contribution >= 0.6 is 0 Å². The minimum Gasteiger partial charge on any atom is -0.374 e. The van der Waals surface area contributed by atoms with Gasteiger partial charge in [-0.2, -0.15) is 0 Å². The molecule has 3 fully saturated rings. The maximum absolute atomic E-state index is 13.4. The molecular weight excluding hydrogens is 444 g/mol. The van der Waals surface area contributed by atoms with E-state index in [-0.39, 0.29) is 41.9 Å². The second-order valence-corrected chi connectivity index (χ2v) is 11.5. The van der Waals surface area contributed by atoms with Crippen LogP contribution in [0.15, 0.2) is 0 Å². The minimum absolute atomic E-state index is 0.0102. The molecule has 0 aromatic carbocycles. The van der Waals surface area contributed by atoms with Crippen molar-refractivity contribution in [3.63, 3.8) is 0 Å². The minimum atomic E-state index is -0.663. The Bertz CT molecular complexity index is 726. The fraction of sp³-hybridized carbons (Fsp3) is 0.889. The van der Waals surface area contributed by atoms with Crippen LogP contribution < -0.4 is 16.0 Å². The van der Waals surface area contributed by atoms with Gasteiger partial charge >= 0.3 is 0 Å². The Morgan fingerprint density at radius 1 is 0.943 bits per heavy atom. The van der Waals surface area contributed by atoms with Crippen molar-refractivity contribution in [2.45, 2.75) is 116 Å². The number of rotatable bonds is 3. The van der Waals surface area contributed by atoms with Gasteiger partial charge in [-0.1, -0.05) is 26.7 Å². The summed E-state index contributed by atoms with van der Waals surface area (Å²) in [6.07, 6.45) is 9.45. The quantitative estimate of drug-likeness (QED) is 0.562. The maximum Gasteiger partial charge on any atom is 0.243 e. The van der Waals surface area contributed by atoms with Crippen LogP contribution in [0.3, 0.4) is 0 Å². The summed E-state index contributed by atoms with van der Waals surface area (Å²) in [5.74, 6) is 0.560. The van der Waals surface area contributed by atoms with Gasteiger partial charge in [0.2, 0.25) is 17.7 Å². The zero-order valence-electron chi connectivity index (χ0n) is 22.5. The van der Waals surface area contributed by atoms with Gasteiger partial charge in [0.1, 0.15) is 12.1 Å². The molecule has 0 radical (unpaired) electrons. The average Bonchev–Trinajstić information content (AvgIpc) is 3.65. The first-order chi connectivity index (χ1) is 16.7. The van der Waals surface area contributed by atoms with Gasteiger partial charge in [-0.25, -0.2) is 0 Å². The molecule has 1 saturated heterocycles. The number of fused-ring (bicyclic) bond motifs is 1. The number of ether oxygens (including phenoxy) is 1. The number of likely N-dealkylation sites (N-methyl/N-ethyl adjacent to an activating group) is 1. The average molecular weight is 493 g/mol. The summed E-state index contributed by atoms with van der Waals surface area (Å²) in [7, 11) is 1.69. The molecule has 3 aliphatic rings. The molecule has 2 aliphatic carbocycles. The van der Waals surface area contributed by atoms with Crippen molar-refractivity contribution in [1.82, 2.24) is 20.9 Å². The van der Waals surface area contributed by atoms with Gasteiger partial charge in [-0.15, -0.1) is 0 Å². The van der Waals surface area contributed by atoms with E-state index in [0.717, 1.165) is 38.5 Å². The lowest BCUT2D eigenvalue weighted by atomic mass is 9.83. The first-order valence-corrected chi connectivity index (χ1v) is 13.9. The molecule has 0 aromatic heterocycles. The van der Waals surface area contributed by atoms with Gasteiger partial charge in [0.25, 0.3) is 0 Å². The van der Waals surface area contributed by atoms with E-state index in [2.05, 4.69) is 22.9 Å². The van der Waals surface area contributed by atoms with Crippen LogP contribution in [-0.4, -0.2) is 73.1 Å². The maximum atomic E-state index is 13.4. The highest BCUT2D eigenvalue weighted by molar-refractivity contribution is 5.93. The molecule has 200 valence electrons. The molecule has 0 aromatic rings. The monoisotopic (exact) mass is 492 g/mol. The Morgan fingerprint density at radius 3 is 2.31 bits per heavy atom. The molecule has 3 N–H and O–H groups in total. The first-order valence-electron chi connectivity index (χ1n) is 13.9. The normalized spacial score (nSPS) is 35.0. The van der Waals surface area contributed by atoms with Gasteiger partial charge in [0.05, 0.1) is 18.2 Å². The molecule has 1 heterocycles. The molecule has 1 aliphatic heterocycles. The van der Waals surface area contributed by atoms with Crippen LogP contribution in [0.5, 0.6) is 0 Å². The Kier molecular flexibility index (Phi) is 10.4. The third-order valence-electron chi connectivity index (χ3n) is 7.93. The summed E-state index contributed by atoms with van der Waals surface area (Å²) in [6, 6.07) is -1.57. The zero-order chi connectivity index (χ0) is 25.5. The van der Waals surface area contributed by atoms with Gasteiger partial charge < -0.3 is 25.6 Å². The standard InChI is InChI=1S/C27H48N4O4/c1-17(2)15-22-26(33)28-14-8-10-20-9-6-7-11-23(20)35-18(3)16-29-24(21-12-13-21)27(34)31(5)19(4)25(32)30-22/h17-24,29H,6-16H2,1-5H3,(H,28,33)(H,30,32)/t18-,19-,20+,22-,23+,24+/m1/s1. The summed E-state index contributed by atoms with van der Waals surface area (Å²) in [4.78, 5) is 41.0. The van der Waals surface area contributed by atoms with E-state index in [1.165, 1.54) is 17.7 Å². The Labute approximate surface area is 211 Å². The summed E-state index contributed by atoms with van der Waals surface area (Å²) >= 11 is 0. The van der Waals surface area contributed by atoms with Crippen molar-refractivity contribution in [2.75, 3.05) is 20.1 Å². The molecule has 3 amide bonds. The van der Waals surface area contributed by atoms with E-state index in [9.17, 15) is 14.4 Å². The topological polar surface area (TPSA) is 99.8 Å². The number of nitrogens with one attached hydrogen (secondary N) is 3. The van der Waals surface area contributed by atoms with Crippen molar-refractivity contribution in [1.29, 1.82) is 0 Å². The number of amides is 3. The molecule has 0 unspecified atom stereocenters. The van der Waals surface area contributed by atoms with Crippen molar-refractivity contribution >= 4 is 17.7 Å². The van der Waals surface area contributed by atoms with E-state index < -0.39 is 12.1 Å². The smallest absolute Gasteiger partial charge is 0.243 e. The van der Waals surface area contributed by atoms with Crippen LogP contribution in [0.2, 0.25) is 0 Å². The molecule has 0 spiro atoms. The van der Waals surface area contributed by atoms with Crippen molar-refractivity contribution in [3.05, 3.63) is 0 Å². The largest absolute Gasteiger partial charge is 0.374 e. The fourth-order valence-corrected chi connectivity index (χ4v) is 5.49. The van der Waals surface area contributed by atoms with E-state index in [0.29, 0.717) is 31.3 Å². The number of hydrogen-bond acceptors (Lipinski definition) is 5. The second-order valence-electron chi connectivity index (χ2n) is 11.5. The van der Waals surface area contributed by atoms with Crippen LogP contribution in [0, 0.1) is 17.8 Å². The lowest BCUT2D eigenvalue weighted by Crippen LogP contribution is -2.57. The van der Waals surface area contributed by atoms with E-state index >= 15 is 0 Å². The van der Waals surface area contributed by atoms with Gasteiger partial charge in [-0.05, 0) is 76.5 Å². The number of carbonyl (C=O) groups is 3. The molecular formula is C27H48N4O4. The van der Waals surface area contributed by atoms with Crippen LogP contribution in [0.1, 0.15) is 85.5 Å². The van der Waals surface area contributed by atoms with Gasteiger partial charge in [-0.3, -0.25) is 14.4 Å². The second kappa shape index (κ2) is 13.0. The third-order valence-corrected chi connectivity index (χ3v) is 7.93. The first kappa shape index (κ1) is 27.9. The number of carbonyl (C=O) groups excluding carboxylic acids is 3. The van der Waals surface area contributed by atoms with E-state index in [1.807, 2.05) is 13.8 Å². The molecule has 8 heteroatoms. The molecule has 35 heavy (non-hydrogen) atoms. The van der Waals surface area contributed by atoms with Gasteiger partial charge in [0, 0.05) is 20.1 Å². The SMILES string of the molecule is CC(C)C[C@H]1NC(=O)[C@@H](C)N(C)C(=O)[C@H](C2CC2)NC[C@@H](C)O[C@H]2CCCC[C@H]2CCCNC1=O. The Morgan fingerprint density at radius 2 is 1.63 bits per heavy atom. The van der Waals surface area contributed by atoms with E-state index in [1.54, 1.807) is 14.0 Å². The Balaban J connectivity index is 1.76. The highest BCUT2D eigenvalue weighted by atomic mass is 16.5. The molecule has 3 rings (SSSR count). The molecule has 8 nitrogen and oxygen atoms in total. The van der Waals surface area contributed by atoms with Crippen LogP contribution in [0.4, 0.5) is 0 Å². The Hall–Kier alpha value is -1.67. The van der Waals surface area contributed by atoms with E-state index in [4.69, 9.17) is 4.74 Å². The predicted molar refractivity (Wildman–Crippen MR) is 137 cm³/mol. The highest BCUT2D eigenvalue weighted by Gasteiger charge is 2.40. The van der Waals surface area contributed by atoms with Crippen LogP contribution in [0.25, 0.3) is 0 Å². The van der Waals surface area contributed by atoms with Gasteiger partial charge in [0.15, 0.2) is 0 Å². The summed E-state index contributed by atoms with van der Waals surface area (Å²) < 4.78 is 6.49.